The number of hydrogen-bond acceptors (Lipinski definition) is 6. The normalized spacial score (nSPS) is 17.5. The van der Waals surface area contributed by atoms with Gasteiger partial charge in [-0.3, -0.25) is 0 Å². The molecule has 0 bridgehead atoms. The number of rotatable bonds is 10. The third kappa shape index (κ3) is 6.66. The average molecular weight is 601 g/mol. The van der Waals surface area contributed by atoms with Crippen LogP contribution in [-0.4, -0.2) is 63.1 Å². The number of carbonyl (C=O) groups is 2. The highest BCUT2D eigenvalue weighted by Gasteiger charge is 2.26. The van der Waals surface area contributed by atoms with Crippen molar-refractivity contribution < 1.29 is 24.2 Å². The first-order chi connectivity index (χ1) is 21.3. The van der Waals surface area contributed by atoms with Crippen LogP contribution in [0.5, 0.6) is 5.75 Å². The van der Waals surface area contributed by atoms with Crippen LogP contribution in [0.4, 0.5) is 4.79 Å². The number of hydrogen-bond donors (Lipinski definition) is 1. The summed E-state index contributed by atoms with van der Waals surface area (Å²) in [6, 6.07) is 12.4. The third-order valence-corrected chi connectivity index (χ3v) is 9.10. The predicted octanol–water partition coefficient (Wildman–Crippen LogP) is 7.08. The SMILES string of the molecule is CCOC(=O)c1cnn(-c2cccc(C3=C(COc4ccc(C5CCN(C(=O)O)CC5)c(CC)c4)C(C)CCC3)n2)c1CC. The molecule has 1 saturated heterocycles. The Hall–Kier alpha value is -4.14. The summed E-state index contributed by atoms with van der Waals surface area (Å²) in [4.78, 5) is 30.4. The lowest BCUT2D eigenvalue weighted by atomic mass is 9.82. The van der Waals surface area contributed by atoms with E-state index >= 15 is 0 Å². The quantitative estimate of drug-likeness (QED) is 0.248. The van der Waals surface area contributed by atoms with E-state index in [9.17, 15) is 14.7 Å². The monoisotopic (exact) mass is 600 g/mol. The van der Waals surface area contributed by atoms with Gasteiger partial charge in [0, 0.05) is 13.1 Å². The minimum absolute atomic E-state index is 0.315. The number of allylic oxidation sites excluding steroid dienone is 1. The van der Waals surface area contributed by atoms with E-state index < -0.39 is 6.09 Å². The number of nitrogens with zero attached hydrogens (tertiary/aromatic N) is 4. The smallest absolute Gasteiger partial charge is 0.407 e. The largest absolute Gasteiger partial charge is 0.489 e. The highest BCUT2D eigenvalue weighted by molar-refractivity contribution is 5.90. The number of carboxylic acid groups (broad SMARTS) is 1. The summed E-state index contributed by atoms with van der Waals surface area (Å²) in [5.41, 5.74) is 7.25. The maximum Gasteiger partial charge on any atom is 0.407 e. The maximum absolute atomic E-state index is 12.5. The summed E-state index contributed by atoms with van der Waals surface area (Å²) < 4.78 is 13.4. The molecular weight excluding hydrogens is 556 g/mol. The second kappa shape index (κ2) is 14.1. The van der Waals surface area contributed by atoms with Gasteiger partial charge in [0.05, 0.1) is 24.2 Å². The molecule has 5 rings (SSSR count). The van der Waals surface area contributed by atoms with Crippen LogP contribution in [0.2, 0.25) is 0 Å². The minimum Gasteiger partial charge on any atom is -0.489 e. The number of esters is 1. The molecule has 2 aromatic heterocycles. The van der Waals surface area contributed by atoms with Gasteiger partial charge in [-0.1, -0.05) is 32.9 Å². The number of carbonyl (C=O) groups excluding carboxylic acids is 1. The second-order valence-electron chi connectivity index (χ2n) is 11.7. The van der Waals surface area contributed by atoms with E-state index in [0.29, 0.717) is 55.9 Å². The van der Waals surface area contributed by atoms with Gasteiger partial charge in [-0.2, -0.15) is 5.10 Å². The van der Waals surface area contributed by atoms with Crippen molar-refractivity contribution in [2.45, 2.75) is 78.6 Å². The van der Waals surface area contributed by atoms with E-state index in [-0.39, 0.29) is 5.97 Å². The van der Waals surface area contributed by atoms with Crippen molar-refractivity contribution in [3.8, 4) is 11.6 Å². The molecule has 1 unspecified atom stereocenters. The summed E-state index contributed by atoms with van der Waals surface area (Å²) in [6.07, 6.45) is 7.10. The number of likely N-dealkylation sites (tertiary alicyclic amines) is 1. The number of piperidine rings is 1. The fourth-order valence-electron chi connectivity index (χ4n) is 6.66. The standard InChI is InChI=1S/C35H44N4O5/c1-5-24-20-26(14-15-27(24)25-16-18-38(19-17-25)35(41)42)44-22-30-23(4)10-8-11-28(30)31-12-9-13-33(37-31)39-32(6-2)29(21-36-39)34(40)43-7-3/h9,12-15,20-21,23,25H,5-8,10-11,16-19,22H2,1-4H3,(H,41,42). The number of pyridine rings is 1. The van der Waals surface area contributed by atoms with Crippen molar-refractivity contribution in [2.75, 3.05) is 26.3 Å². The summed E-state index contributed by atoms with van der Waals surface area (Å²) in [5, 5.41) is 13.8. The Balaban J connectivity index is 1.37. The Morgan fingerprint density at radius 2 is 1.84 bits per heavy atom. The Bertz CT molecular complexity index is 1520. The topological polar surface area (TPSA) is 107 Å². The lowest BCUT2D eigenvalue weighted by Gasteiger charge is -2.31. The lowest BCUT2D eigenvalue weighted by Crippen LogP contribution is -2.36. The van der Waals surface area contributed by atoms with Gasteiger partial charge in [0.15, 0.2) is 5.82 Å². The Kier molecular flexibility index (Phi) is 10.0. The van der Waals surface area contributed by atoms with Crippen molar-refractivity contribution >= 4 is 17.6 Å². The van der Waals surface area contributed by atoms with Crippen LogP contribution < -0.4 is 4.74 Å². The molecule has 0 radical (unpaired) electrons. The fourth-order valence-corrected chi connectivity index (χ4v) is 6.66. The first-order valence-electron chi connectivity index (χ1n) is 16.0. The molecule has 0 spiro atoms. The highest BCUT2D eigenvalue weighted by Crippen LogP contribution is 2.37. The van der Waals surface area contributed by atoms with Crippen LogP contribution in [0.3, 0.4) is 0 Å². The van der Waals surface area contributed by atoms with Crippen LogP contribution in [0.15, 0.2) is 48.2 Å². The van der Waals surface area contributed by atoms with Crippen LogP contribution >= 0.6 is 0 Å². The van der Waals surface area contributed by atoms with Crippen molar-refractivity contribution in [2.24, 2.45) is 5.92 Å². The number of aryl methyl sites for hydroxylation is 1. The molecule has 234 valence electrons. The zero-order chi connectivity index (χ0) is 31.2. The molecule has 0 saturated carbocycles. The van der Waals surface area contributed by atoms with Crippen LogP contribution in [0.1, 0.15) is 98.6 Å². The van der Waals surface area contributed by atoms with Crippen LogP contribution in [0.25, 0.3) is 11.4 Å². The number of amides is 1. The van der Waals surface area contributed by atoms with Crippen molar-refractivity contribution in [3.63, 3.8) is 0 Å². The van der Waals surface area contributed by atoms with Crippen molar-refractivity contribution in [1.82, 2.24) is 19.7 Å². The molecule has 1 aliphatic heterocycles. The summed E-state index contributed by atoms with van der Waals surface area (Å²) >= 11 is 0. The minimum atomic E-state index is -0.828. The average Bonchev–Trinajstić information content (AvgIpc) is 3.49. The molecule has 3 aromatic rings. The van der Waals surface area contributed by atoms with Gasteiger partial charge in [-0.25, -0.2) is 19.3 Å². The zero-order valence-electron chi connectivity index (χ0n) is 26.3. The molecule has 1 amide bonds. The third-order valence-electron chi connectivity index (χ3n) is 9.10. The zero-order valence-corrected chi connectivity index (χ0v) is 26.3. The van der Waals surface area contributed by atoms with Gasteiger partial charge in [0.1, 0.15) is 17.9 Å². The van der Waals surface area contributed by atoms with Crippen LogP contribution in [0, 0.1) is 5.92 Å². The predicted molar refractivity (Wildman–Crippen MR) is 170 cm³/mol. The molecular formula is C35H44N4O5. The van der Waals surface area contributed by atoms with E-state index in [0.717, 1.165) is 55.7 Å². The fraction of sp³-hybridized carbons (Fsp3) is 0.486. The van der Waals surface area contributed by atoms with Gasteiger partial charge < -0.3 is 19.5 Å². The molecule has 3 heterocycles. The molecule has 9 heteroatoms. The summed E-state index contributed by atoms with van der Waals surface area (Å²) in [7, 11) is 0. The number of benzene rings is 1. The van der Waals surface area contributed by atoms with E-state index in [1.165, 1.54) is 27.2 Å². The molecule has 1 N–H and O–H groups in total. The Labute approximate surface area is 259 Å². The Morgan fingerprint density at radius 1 is 1.05 bits per heavy atom. The first kappa shape index (κ1) is 31.3. The van der Waals surface area contributed by atoms with Crippen LogP contribution in [-0.2, 0) is 17.6 Å². The van der Waals surface area contributed by atoms with E-state index in [4.69, 9.17) is 14.5 Å². The molecule has 9 nitrogen and oxygen atoms in total. The number of ether oxygens (including phenoxy) is 2. The molecule has 1 atom stereocenters. The summed E-state index contributed by atoms with van der Waals surface area (Å²) in [5.74, 6) is 1.92. The van der Waals surface area contributed by atoms with Gasteiger partial charge in [-0.15, -0.1) is 0 Å². The van der Waals surface area contributed by atoms with Gasteiger partial charge in [0.2, 0.25) is 0 Å². The van der Waals surface area contributed by atoms with E-state index in [1.54, 1.807) is 17.8 Å². The highest BCUT2D eigenvalue weighted by atomic mass is 16.5. The van der Waals surface area contributed by atoms with E-state index in [2.05, 4.69) is 43.2 Å². The van der Waals surface area contributed by atoms with Gasteiger partial charge >= 0.3 is 12.1 Å². The second-order valence-corrected chi connectivity index (χ2v) is 11.7. The molecule has 2 aliphatic rings. The van der Waals surface area contributed by atoms with Gasteiger partial charge in [-0.05, 0) is 110 Å². The van der Waals surface area contributed by atoms with Gasteiger partial charge in [0.25, 0.3) is 0 Å². The molecule has 1 aliphatic carbocycles. The molecule has 1 aromatic carbocycles. The lowest BCUT2D eigenvalue weighted by molar-refractivity contribution is 0.0525. The first-order valence-corrected chi connectivity index (χ1v) is 16.0. The molecule has 1 fully saturated rings. The van der Waals surface area contributed by atoms with Crippen molar-refractivity contribution in [3.05, 3.63) is 76.2 Å². The Morgan fingerprint density at radius 3 is 2.55 bits per heavy atom. The van der Waals surface area contributed by atoms with E-state index in [1.807, 2.05) is 19.1 Å². The summed E-state index contributed by atoms with van der Waals surface area (Å²) in [6.45, 7) is 10.2. The van der Waals surface area contributed by atoms with Crippen molar-refractivity contribution in [1.29, 1.82) is 0 Å². The molecule has 44 heavy (non-hydrogen) atoms. The number of aromatic nitrogens is 3. The maximum atomic E-state index is 12.5.